The van der Waals surface area contributed by atoms with Gasteiger partial charge in [0.1, 0.15) is 0 Å². The summed E-state index contributed by atoms with van der Waals surface area (Å²) in [7, 11) is 4.01. The fraction of sp³-hybridized carbons (Fsp3) is 0.308. The van der Waals surface area contributed by atoms with Gasteiger partial charge in [0.25, 0.3) is 0 Å². The second-order valence-electron chi connectivity index (χ2n) is 4.55. The van der Waals surface area contributed by atoms with E-state index in [0.29, 0.717) is 5.69 Å². The lowest BCUT2D eigenvalue weighted by atomic mass is 10.1. The Hall–Kier alpha value is -2.01. The van der Waals surface area contributed by atoms with Gasteiger partial charge in [0.05, 0.1) is 12.1 Å². The van der Waals surface area contributed by atoms with Gasteiger partial charge in [-0.25, -0.2) is 0 Å². The lowest BCUT2D eigenvalue weighted by Gasteiger charge is -2.08. The van der Waals surface area contributed by atoms with E-state index in [1.165, 1.54) is 0 Å². The molecular formula is C13H18N4O. The van der Waals surface area contributed by atoms with Crippen molar-refractivity contribution in [1.29, 1.82) is 0 Å². The van der Waals surface area contributed by atoms with Crippen LogP contribution >= 0.6 is 0 Å². The summed E-state index contributed by atoms with van der Waals surface area (Å²) in [6.45, 7) is 1.62. The minimum atomic E-state index is 0.0542. The van der Waals surface area contributed by atoms with Gasteiger partial charge in [-0.15, -0.1) is 5.10 Å². The standard InChI is InChI=1S/C13H18N4O/c1-16(2)7-8-17-9-12(13(18)15-17)10-3-5-11(14)6-4-10/h3-6,9H,7-8,14H2,1-2H3,(H,15,18). The van der Waals surface area contributed by atoms with Gasteiger partial charge in [-0.05, 0) is 31.8 Å². The second kappa shape index (κ2) is 5.10. The number of rotatable bonds is 4. The molecule has 96 valence electrons. The fourth-order valence-electron chi connectivity index (χ4n) is 1.69. The third-order valence-corrected chi connectivity index (χ3v) is 2.74. The Balaban J connectivity index is 2.21. The Morgan fingerprint density at radius 2 is 1.94 bits per heavy atom. The predicted molar refractivity (Wildman–Crippen MR) is 72.3 cm³/mol. The van der Waals surface area contributed by atoms with Crippen LogP contribution in [-0.2, 0) is 6.54 Å². The molecule has 0 saturated carbocycles. The molecule has 2 aromatic rings. The highest BCUT2D eigenvalue weighted by Gasteiger charge is 2.09. The van der Waals surface area contributed by atoms with E-state index in [0.717, 1.165) is 24.2 Å². The maximum atomic E-state index is 9.84. The molecule has 0 aliphatic rings. The van der Waals surface area contributed by atoms with Crippen LogP contribution < -0.4 is 5.73 Å². The van der Waals surface area contributed by atoms with Crippen molar-refractivity contribution in [2.75, 3.05) is 26.4 Å². The molecule has 0 spiro atoms. The summed E-state index contributed by atoms with van der Waals surface area (Å²) in [4.78, 5) is 2.07. The van der Waals surface area contributed by atoms with Gasteiger partial charge in [0, 0.05) is 18.4 Å². The predicted octanol–water partition coefficient (Wildman–Crippen LogP) is 1.40. The Kier molecular flexibility index (Phi) is 3.53. The molecule has 0 aliphatic carbocycles. The lowest BCUT2D eigenvalue weighted by Crippen LogP contribution is -2.18. The Bertz CT molecular complexity index is 516. The zero-order valence-corrected chi connectivity index (χ0v) is 10.7. The maximum absolute atomic E-state index is 9.84. The molecule has 3 N–H and O–H groups in total. The molecule has 0 aliphatic heterocycles. The van der Waals surface area contributed by atoms with Crippen molar-refractivity contribution >= 4 is 5.69 Å². The van der Waals surface area contributed by atoms with E-state index in [1.807, 2.05) is 44.6 Å². The number of anilines is 1. The average Bonchev–Trinajstić information content (AvgIpc) is 2.69. The molecule has 0 amide bonds. The number of nitrogens with zero attached hydrogens (tertiary/aromatic N) is 3. The zero-order chi connectivity index (χ0) is 13.1. The van der Waals surface area contributed by atoms with Crippen LogP contribution in [0.15, 0.2) is 30.5 Å². The summed E-state index contributed by atoms with van der Waals surface area (Å²) < 4.78 is 1.75. The molecule has 18 heavy (non-hydrogen) atoms. The molecule has 5 nitrogen and oxygen atoms in total. The molecule has 0 radical (unpaired) electrons. The number of nitrogen functional groups attached to an aromatic ring is 1. The number of aromatic nitrogens is 2. The van der Waals surface area contributed by atoms with Gasteiger partial charge >= 0.3 is 0 Å². The summed E-state index contributed by atoms with van der Waals surface area (Å²) in [6, 6.07) is 7.38. The Morgan fingerprint density at radius 1 is 1.28 bits per heavy atom. The first-order valence-corrected chi connectivity index (χ1v) is 5.83. The van der Waals surface area contributed by atoms with Crippen LogP contribution in [0.1, 0.15) is 0 Å². The largest absolute Gasteiger partial charge is 0.492 e. The average molecular weight is 246 g/mol. The van der Waals surface area contributed by atoms with Crippen LogP contribution in [0.25, 0.3) is 11.1 Å². The molecule has 1 heterocycles. The van der Waals surface area contributed by atoms with Crippen molar-refractivity contribution in [2.24, 2.45) is 0 Å². The van der Waals surface area contributed by atoms with Crippen LogP contribution in [0.4, 0.5) is 5.69 Å². The highest BCUT2D eigenvalue weighted by atomic mass is 16.3. The monoisotopic (exact) mass is 246 g/mol. The molecule has 0 bridgehead atoms. The first kappa shape index (κ1) is 12.4. The highest BCUT2D eigenvalue weighted by Crippen LogP contribution is 2.28. The van der Waals surface area contributed by atoms with Gasteiger partial charge in [-0.1, -0.05) is 12.1 Å². The van der Waals surface area contributed by atoms with Crippen molar-refractivity contribution in [2.45, 2.75) is 6.54 Å². The Morgan fingerprint density at radius 3 is 2.56 bits per heavy atom. The summed E-state index contributed by atoms with van der Waals surface area (Å²) in [5.74, 6) is 0.0542. The molecule has 0 atom stereocenters. The zero-order valence-electron chi connectivity index (χ0n) is 10.7. The molecule has 0 saturated heterocycles. The Labute approximate surface area is 106 Å². The number of hydrogen-bond acceptors (Lipinski definition) is 4. The van der Waals surface area contributed by atoms with E-state index >= 15 is 0 Å². The first-order chi connectivity index (χ1) is 8.56. The first-order valence-electron chi connectivity index (χ1n) is 5.83. The van der Waals surface area contributed by atoms with Gasteiger partial charge < -0.3 is 15.7 Å². The van der Waals surface area contributed by atoms with Crippen LogP contribution in [-0.4, -0.2) is 40.4 Å². The molecule has 1 aromatic carbocycles. The van der Waals surface area contributed by atoms with E-state index in [-0.39, 0.29) is 5.88 Å². The van der Waals surface area contributed by atoms with Gasteiger partial charge in [-0.3, -0.25) is 4.68 Å². The number of likely N-dealkylation sites (N-methyl/N-ethyl adjacent to an activating group) is 1. The van der Waals surface area contributed by atoms with E-state index in [9.17, 15) is 5.11 Å². The number of nitrogens with two attached hydrogens (primary N) is 1. The van der Waals surface area contributed by atoms with Gasteiger partial charge in [0.2, 0.25) is 5.88 Å². The molecule has 5 heteroatoms. The van der Waals surface area contributed by atoms with Crippen molar-refractivity contribution in [1.82, 2.24) is 14.7 Å². The quantitative estimate of drug-likeness (QED) is 0.800. The topological polar surface area (TPSA) is 67.3 Å². The summed E-state index contributed by atoms with van der Waals surface area (Å²) in [6.07, 6.45) is 1.85. The van der Waals surface area contributed by atoms with Crippen LogP contribution in [0, 0.1) is 0 Å². The summed E-state index contributed by atoms with van der Waals surface area (Å²) in [5.41, 5.74) is 7.99. The molecular weight excluding hydrogens is 228 g/mol. The normalized spacial score (nSPS) is 11.1. The minimum absolute atomic E-state index is 0.0542. The molecule has 0 fully saturated rings. The van der Waals surface area contributed by atoms with Crippen molar-refractivity contribution in [3.63, 3.8) is 0 Å². The lowest BCUT2D eigenvalue weighted by molar-refractivity contribution is 0.365. The number of hydrogen-bond donors (Lipinski definition) is 2. The smallest absolute Gasteiger partial charge is 0.238 e. The number of aromatic hydroxyl groups is 1. The minimum Gasteiger partial charge on any atom is -0.492 e. The van der Waals surface area contributed by atoms with E-state index in [1.54, 1.807) is 4.68 Å². The van der Waals surface area contributed by atoms with Gasteiger partial charge in [0.15, 0.2) is 0 Å². The van der Waals surface area contributed by atoms with Crippen molar-refractivity contribution in [3.05, 3.63) is 30.5 Å². The second-order valence-corrected chi connectivity index (χ2v) is 4.55. The number of benzene rings is 1. The molecule has 2 rings (SSSR count). The molecule has 1 aromatic heterocycles. The van der Waals surface area contributed by atoms with Crippen LogP contribution in [0.2, 0.25) is 0 Å². The van der Waals surface area contributed by atoms with Crippen LogP contribution in [0.3, 0.4) is 0 Å². The summed E-state index contributed by atoms with van der Waals surface area (Å²) in [5, 5.41) is 13.9. The van der Waals surface area contributed by atoms with Crippen molar-refractivity contribution in [3.8, 4) is 17.0 Å². The van der Waals surface area contributed by atoms with E-state index < -0.39 is 0 Å². The van der Waals surface area contributed by atoms with Crippen LogP contribution in [0.5, 0.6) is 5.88 Å². The van der Waals surface area contributed by atoms with Crippen molar-refractivity contribution < 1.29 is 5.11 Å². The summed E-state index contributed by atoms with van der Waals surface area (Å²) >= 11 is 0. The molecule has 0 unspecified atom stereocenters. The van der Waals surface area contributed by atoms with Gasteiger partial charge in [-0.2, -0.15) is 0 Å². The van der Waals surface area contributed by atoms with E-state index in [2.05, 4.69) is 10.00 Å². The highest BCUT2D eigenvalue weighted by molar-refractivity contribution is 5.69. The maximum Gasteiger partial charge on any atom is 0.238 e. The SMILES string of the molecule is CN(C)CCn1cc(-c2ccc(N)cc2)c(O)n1. The third-order valence-electron chi connectivity index (χ3n) is 2.74. The van der Waals surface area contributed by atoms with E-state index in [4.69, 9.17) is 5.73 Å². The fourth-order valence-corrected chi connectivity index (χ4v) is 1.69. The third kappa shape index (κ3) is 2.81.